The van der Waals surface area contributed by atoms with E-state index in [2.05, 4.69) is 13.8 Å². The molecule has 3 rings (SSSR count). The van der Waals surface area contributed by atoms with Gasteiger partial charge in [0.2, 0.25) is 0 Å². The zero-order valence-electron chi connectivity index (χ0n) is 12.7. The van der Waals surface area contributed by atoms with Gasteiger partial charge in [-0.3, -0.25) is 0 Å². The van der Waals surface area contributed by atoms with Gasteiger partial charge in [0.15, 0.2) is 0 Å². The zero-order valence-corrected chi connectivity index (χ0v) is 12.7. The summed E-state index contributed by atoms with van der Waals surface area (Å²) >= 11 is 0. The van der Waals surface area contributed by atoms with Gasteiger partial charge in [0.1, 0.15) is 0 Å². The minimum atomic E-state index is -1.83. The van der Waals surface area contributed by atoms with Gasteiger partial charge < -0.3 is 14.9 Å². The molecule has 20 heavy (non-hydrogen) atoms. The fraction of sp³-hybridized carbons (Fsp3) is 0.938. The fourth-order valence-corrected chi connectivity index (χ4v) is 4.26. The summed E-state index contributed by atoms with van der Waals surface area (Å²) in [7, 11) is 0. The van der Waals surface area contributed by atoms with Gasteiger partial charge in [-0.2, -0.15) is 0 Å². The first kappa shape index (κ1) is 15.6. The Kier molecular flexibility index (Phi) is 4.95. The molecule has 3 fully saturated rings. The Bertz CT molecular complexity index is 333. The lowest BCUT2D eigenvalue weighted by Crippen LogP contribution is -2.36. The summed E-state index contributed by atoms with van der Waals surface area (Å²) in [6, 6.07) is 0. The van der Waals surface area contributed by atoms with Crippen molar-refractivity contribution >= 4 is 6.16 Å². The smallest absolute Gasteiger partial charge is 0.450 e. The molecule has 0 radical (unpaired) electrons. The van der Waals surface area contributed by atoms with Crippen LogP contribution in [0.25, 0.3) is 0 Å². The molecule has 2 aliphatic carbocycles. The molecule has 0 aromatic heterocycles. The molecule has 1 saturated heterocycles. The summed E-state index contributed by atoms with van der Waals surface area (Å²) in [6.45, 7) is 4.97. The lowest BCUT2D eigenvalue weighted by atomic mass is 9.63. The van der Waals surface area contributed by atoms with E-state index >= 15 is 0 Å². The molecular weight excluding hydrogens is 256 g/mol. The molecule has 4 heteroatoms. The molecule has 2 saturated carbocycles. The molecule has 0 bridgehead atoms. The van der Waals surface area contributed by atoms with Crippen LogP contribution in [0.5, 0.6) is 0 Å². The Balaban J connectivity index is 0.000000328. The third kappa shape index (κ3) is 3.87. The highest BCUT2D eigenvalue weighted by atomic mass is 16.6. The molecule has 2 N–H and O–H groups in total. The fourth-order valence-electron chi connectivity index (χ4n) is 4.26. The van der Waals surface area contributed by atoms with Crippen molar-refractivity contribution in [3.8, 4) is 0 Å². The van der Waals surface area contributed by atoms with Gasteiger partial charge in [0.25, 0.3) is 0 Å². The maximum atomic E-state index is 8.56. The lowest BCUT2D eigenvalue weighted by Gasteiger charge is -2.41. The van der Waals surface area contributed by atoms with Gasteiger partial charge in [-0.25, -0.2) is 4.79 Å². The normalized spacial score (nSPS) is 40.2. The predicted molar refractivity (Wildman–Crippen MR) is 77.0 cm³/mol. The molecule has 1 aliphatic heterocycles. The van der Waals surface area contributed by atoms with Crippen molar-refractivity contribution in [2.75, 3.05) is 0 Å². The quantitative estimate of drug-likeness (QED) is 0.738. The van der Waals surface area contributed by atoms with Crippen molar-refractivity contribution < 1.29 is 19.7 Å². The molecule has 4 nitrogen and oxygen atoms in total. The number of hydrogen-bond donors (Lipinski definition) is 2. The minimum Gasteiger partial charge on any atom is -0.450 e. The van der Waals surface area contributed by atoms with Crippen LogP contribution < -0.4 is 0 Å². The van der Waals surface area contributed by atoms with E-state index in [1.807, 2.05) is 0 Å². The van der Waals surface area contributed by atoms with E-state index in [0.717, 1.165) is 11.8 Å². The number of carboxylic acid groups (broad SMARTS) is 2. The third-order valence-corrected chi connectivity index (χ3v) is 5.69. The first-order valence-corrected chi connectivity index (χ1v) is 8.00. The molecule has 4 unspecified atom stereocenters. The second-order valence-corrected chi connectivity index (χ2v) is 7.11. The summed E-state index contributed by atoms with van der Waals surface area (Å²) in [5.41, 5.74) is 0.583. The Morgan fingerprint density at radius 1 is 1.20 bits per heavy atom. The number of fused-ring (bicyclic) bond motifs is 1. The Morgan fingerprint density at radius 2 is 1.80 bits per heavy atom. The van der Waals surface area contributed by atoms with Crippen LogP contribution in [-0.2, 0) is 4.74 Å². The van der Waals surface area contributed by atoms with E-state index in [1.54, 1.807) is 0 Å². The van der Waals surface area contributed by atoms with Crippen LogP contribution in [0.1, 0.15) is 65.2 Å². The SMILES string of the molecule is CC1C2OC2CCC1(C)CC1CCCCC1.O=C(O)O. The summed E-state index contributed by atoms with van der Waals surface area (Å²) < 4.78 is 5.77. The highest BCUT2D eigenvalue weighted by Gasteiger charge is 2.54. The molecule has 4 atom stereocenters. The largest absolute Gasteiger partial charge is 0.503 e. The van der Waals surface area contributed by atoms with Crippen molar-refractivity contribution in [3.63, 3.8) is 0 Å². The van der Waals surface area contributed by atoms with Crippen LogP contribution in [0.3, 0.4) is 0 Å². The van der Waals surface area contributed by atoms with Gasteiger partial charge in [-0.05, 0) is 36.5 Å². The molecule has 116 valence electrons. The highest BCUT2D eigenvalue weighted by molar-refractivity contribution is 5.53. The van der Waals surface area contributed by atoms with Crippen molar-refractivity contribution in [2.45, 2.75) is 77.4 Å². The van der Waals surface area contributed by atoms with E-state index in [1.165, 1.54) is 51.4 Å². The van der Waals surface area contributed by atoms with Gasteiger partial charge in [-0.15, -0.1) is 0 Å². The first-order valence-electron chi connectivity index (χ1n) is 8.00. The van der Waals surface area contributed by atoms with Gasteiger partial charge in [0.05, 0.1) is 12.2 Å². The van der Waals surface area contributed by atoms with Crippen LogP contribution in [0.15, 0.2) is 0 Å². The minimum absolute atomic E-state index is 0.583. The number of carbonyl (C=O) groups is 1. The van der Waals surface area contributed by atoms with Gasteiger partial charge >= 0.3 is 6.16 Å². The standard InChI is InChI=1S/C15H26O.CH2O3/c1-11-14-13(16-14)8-9-15(11,2)10-12-6-4-3-5-7-12;2-1(3)4/h11-14H,3-10H2,1-2H3;(H2,2,3,4). The molecule has 0 aromatic carbocycles. The predicted octanol–water partition coefficient (Wildman–Crippen LogP) is 4.38. The van der Waals surface area contributed by atoms with Crippen LogP contribution in [0.2, 0.25) is 0 Å². The van der Waals surface area contributed by atoms with E-state index < -0.39 is 6.16 Å². The summed E-state index contributed by atoms with van der Waals surface area (Å²) in [5, 5.41) is 13.9. The van der Waals surface area contributed by atoms with Crippen molar-refractivity contribution in [1.82, 2.24) is 0 Å². The van der Waals surface area contributed by atoms with Crippen molar-refractivity contribution in [3.05, 3.63) is 0 Å². The molecule has 0 amide bonds. The van der Waals surface area contributed by atoms with Crippen molar-refractivity contribution in [1.29, 1.82) is 0 Å². The van der Waals surface area contributed by atoms with Gasteiger partial charge in [-0.1, -0.05) is 46.0 Å². The van der Waals surface area contributed by atoms with E-state index in [9.17, 15) is 0 Å². The van der Waals surface area contributed by atoms with E-state index in [0.29, 0.717) is 17.6 Å². The molecule has 1 heterocycles. The Labute approximate surface area is 121 Å². The Morgan fingerprint density at radius 3 is 2.40 bits per heavy atom. The van der Waals surface area contributed by atoms with Crippen molar-refractivity contribution in [2.24, 2.45) is 17.3 Å². The number of hydrogen-bond acceptors (Lipinski definition) is 2. The Hall–Kier alpha value is -0.770. The van der Waals surface area contributed by atoms with E-state index in [-0.39, 0.29) is 0 Å². The number of epoxide rings is 1. The maximum absolute atomic E-state index is 8.56. The maximum Gasteiger partial charge on any atom is 0.503 e. The van der Waals surface area contributed by atoms with E-state index in [4.69, 9.17) is 19.7 Å². The average molecular weight is 284 g/mol. The second-order valence-electron chi connectivity index (χ2n) is 7.11. The van der Waals surface area contributed by atoms with Crippen LogP contribution in [-0.4, -0.2) is 28.6 Å². The molecule has 0 spiro atoms. The topological polar surface area (TPSA) is 70.1 Å². The van der Waals surface area contributed by atoms with Gasteiger partial charge in [0, 0.05) is 0 Å². The summed E-state index contributed by atoms with van der Waals surface area (Å²) in [6.07, 6.45) is 11.1. The first-order chi connectivity index (χ1) is 9.42. The monoisotopic (exact) mass is 284 g/mol. The van der Waals surface area contributed by atoms with Crippen LogP contribution in [0, 0.1) is 17.3 Å². The van der Waals surface area contributed by atoms with Crippen LogP contribution in [0.4, 0.5) is 4.79 Å². The average Bonchev–Trinajstić information content (AvgIpc) is 3.15. The molecule has 3 aliphatic rings. The highest BCUT2D eigenvalue weighted by Crippen LogP contribution is 2.53. The van der Waals surface area contributed by atoms with Crippen LogP contribution >= 0.6 is 0 Å². The second kappa shape index (κ2) is 6.33. The summed E-state index contributed by atoms with van der Waals surface area (Å²) in [5.74, 6) is 1.82. The molecule has 0 aromatic rings. The summed E-state index contributed by atoms with van der Waals surface area (Å²) in [4.78, 5) is 8.56. The lowest BCUT2D eigenvalue weighted by molar-refractivity contribution is 0.0928. The number of rotatable bonds is 2. The number of ether oxygens (including phenoxy) is 1. The third-order valence-electron chi connectivity index (χ3n) is 5.69. The molecular formula is C16H28O4. The zero-order chi connectivity index (χ0) is 14.8.